The second-order valence-corrected chi connectivity index (χ2v) is 4.76. The monoisotopic (exact) mass is 295 g/mol. The maximum absolute atomic E-state index is 11.5. The molecule has 1 amide bonds. The summed E-state index contributed by atoms with van der Waals surface area (Å²) in [5.74, 6) is -0.362. The zero-order chi connectivity index (χ0) is 15.8. The predicted octanol–water partition coefficient (Wildman–Crippen LogP) is 0.722. The minimum atomic E-state index is -1.35. The lowest BCUT2D eigenvalue weighted by molar-refractivity contribution is -0.150. The molecule has 1 unspecified atom stereocenters. The fourth-order valence-electron chi connectivity index (χ4n) is 1.80. The minimum absolute atomic E-state index is 0.140. The summed E-state index contributed by atoms with van der Waals surface area (Å²) in [7, 11) is 1.17. The maximum atomic E-state index is 11.5. The predicted molar refractivity (Wildman–Crippen MR) is 77.1 cm³/mol. The molecule has 0 saturated heterocycles. The van der Waals surface area contributed by atoms with E-state index in [4.69, 9.17) is 4.74 Å². The highest BCUT2D eigenvalue weighted by Gasteiger charge is 2.15. The first-order valence-corrected chi connectivity index (χ1v) is 6.66. The second-order valence-electron chi connectivity index (χ2n) is 4.76. The highest BCUT2D eigenvalue weighted by atomic mass is 16.5. The standard InChI is InChI=1S/C15H21NO5/c1-10-6-11(2)8-12(7-10)21-5-4-14(18)16-9-13(17)15(19)20-3/h6-8,13,17H,4-5,9H2,1-3H3,(H,16,18). The third-order valence-corrected chi connectivity index (χ3v) is 2.76. The molecule has 116 valence electrons. The summed E-state index contributed by atoms with van der Waals surface area (Å²) in [6.07, 6.45) is -1.21. The lowest BCUT2D eigenvalue weighted by atomic mass is 10.1. The summed E-state index contributed by atoms with van der Waals surface area (Å²) >= 11 is 0. The Morgan fingerprint density at radius 2 is 1.86 bits per heavy atom. The van der Waals surface area contributed by atoms with Crippen molar-refractivity contribution in [2.24, 2.45) is 0 Å². The van der Waals surface area contributed by atoms with Crippen LogP contribution in [0.1, 0.15) is 17.5 Å². The van der Waals surface area contributed by atoms with Gasteiger partial charge >= 0.3 is 5.97 Å². The zero-order valence-corrected chi connectivity index (χ0v) is 12.5. The van der Waals surface area contributed by atoms with Gasteiger partial charge in [0.05, 0.1) is 26.7 Å². The molecule has 0 radical (unpaired) electrons. The van der Waals surface area contributed by atoms with Gasteiger partial charge in [-0.05, 0) is 37.1 Å². The van der Waals surface area contributed by atoms with Gasteiger partial charge in [0.15, 0.2) is 6.10 Å². The van der Waals surface area contributed by atoms with Crippen molar-refractivity contribution in [2.75, 3.05) is 20.3 Å². The molecule has 21 heavy (non-hydrogen) atoms. The number of benzene rings is 1. The van der Waals surface area contributed by atoms with Gasteiger partial charge < -0.3 is 19.9 Å². The fraction of sp³-hybridized carbons (Fsp3) is 0.467. The molecule has 0 fully saturated rings. The normalized spacial score (nSPS) is 11.6. The number of aliphatic hydroxyl groups is 1. The third-order valence-electron chi connectivity index (χ3n) is 2.76. The van der Waals surface area contributed by atoms with Gasteiger partial charge in [0.2, 0.25) is 5.91 Å². The molecule has 0 bridgehead atoms. The first-order valence-electron chi connectivity index (χ1n) is 6.66. The van der Waals surface area contributed by atoms with E-state index in [-0.39, 0.29) is 25.5 Å². The molecule has 1 aromatic carbocycles. The van der Waals surface area contributed by atoms with E-state index in [0.29, 0.717) is 0 Å². The number of hydrogen-bond donors (Lipinski definition) is 2. The van der Waals surface area contributed by atoms with Crippen LogP contribution in [0.4, 0.5) is 0 Å². The molecule has 0 spiro atoms. The van der Waals surface area contributed by atoms with Crippen LogP contribution in [0.3, 0.4) is 0 Å². The average Bonchev–Trinajstić information content (AvgIpc) is 2.42. The van der Waals surface area contributed by atoms with Crippen molar-refractivity contribution in [1.82, 2.24) is 5.32 Å². The van der Waals surface area contributed by atoms with Gasteiger partial charge in [0, 0.05) is 0 Å². The van der Waals surface area contributed by atoms with E-state index < -0.39 is 12.1 Å². The number of aryl methyl sites for hydroxylation is 2. The number of methoxy groups -OCH3 is 1. The van der Waals surface area contributed by atoms with Crippen LogP contribution in [-0.2, 0) is 14.3 Å². The first-order chi connectivity index (χ1) is 9.92. The fourth-order valence-corrected chi connectivity index (χ4v) is 1.80. The van der Waals surface area contributed by atoms with Gasteiger partial charge in [-0.25, -0.2) is 4.79 Å². The number of nitrogens with one attached hydrogen (secondary N) is 1. The van der Waals surface area contributed by atoms with Gasteiger partial charge in [-0.1, -0.05) is 6.07 Å². The van der Waals surface area contributed by atoms with Crippen LogP contribution < -0.4 is 10.1 Å². The smallest absolute Gasteiger partial charge is 0.336 e. The van der Waals surface area contributed by atoms with Crippen molar-refractivity contribution in [1.29, 1.82) is 0 Å². The van der Waals surface area contributed by atoms with Crippen molar-refractivity contribution in [3.8, 4) is 5.75 Å². The summed E-state index contributed by atoms with van der Waals surface area (Å²) in [6, 6.07) is 5.82. The number of carbonyl (C=O) groups excluding carboxylic acids is 2. The van der Waals surface area contributed by atoms with Gasteiger partial charge in [0.1, 0.15) is 5.75 Å². The number of aliphatic hydroxyl groups excluding tert-OH is 1. The summed E-state index contributed by atoms with van der Waals surface area (Å²) in [4.78, 5) is 22.5. The Bertz CT molecular complexity index is 481. The summed E-state index contributed by atoms with van der Waals surface area (Å²) in [5.41, 5.74) is 2.19. The van der Waals surface area contributed by atoms with Crippen LogP contribution in [-0.4, -0.2) is 43.3 Å². The third kappa shape index (κ3) is 6.27. The van der Waals surface area contributed by atoms with E-state index in [1.54, 1.807) is 0 Å². The molecule has 0 aliphatic heterocycles. The van der Waals surface area contributed by atoms with Crippen LogP contribution in [0, 0.1) is 13.8 Å². The van der Waals surface area contributed by atoms with Crippen molar-refractivity contribution < 1.29 is 24.2 Å². The molecule has 1 rings (SSSR count). The van der Waals surface area contributed by atoms with Crippen molar-refractivity contribution >= 4 is 11.9 Å². The van der Waals surface area contributed by atoms with Crippen LogP contribution in [0.2, 0.25) is 0 Å². The molecule has 1 atom stereocenters. The van der Waals surface area contributed by atoms with E-state index in [1.165, 1.54) is 7.11 Å². The van der Waals surface area contributed by atoms with E-state index in [0.717, 1.165) is 16.9 Å². The molecular formula is C15H21NO5. The van der Waals surface area contributed by atoms with Crippen LogP contribution in [0.25, 0.3) is 0 Å². The largest absolute Gasteiger partial charge is 0.493 e. The quantitative estimate of drug-likeness (QED) is 0.724. The Labute approximate surface area is 124 Å². The average molecular weight is 295 g/mol. The number of ether oxygens (including phenoxy) is 2. The Morgan fingerprint density at radius 3 is 2.43 bits per heavy atom. The number of hydrogen-bond acceptors (Lipinski definition) is 5. The van der Waals surface area contributed by atoms with Crippen LogP contribution >= 0.6 is 0 Å². The highest BCUT2D eigenvalue weighted by Crippen LogP contribution is 2.16. The van der Waals surface area contributed by atoms with Crippen molar-refractivity contribution in [3.63, 3.8) is 0 Å². The Balaban J connectivity index is 2.29. The van der Waals surface area contributed by atoms with E-state index in [2.05, 4.69) is 10.1 Å². The lowest BCUT2D eigenvalue weighted by Gasteiger charge is -2.11. The van der Waals surface area contributed by atoms with Crippen molar-refractivity contribution in [3.05, 3.63) is 29.3 Å². The summed E-state index contributed by atoms with van der Waals surface area (Å²) in [6.45, 7) is 4.00. The Kier molecular flexibility index (Phi) is 6.68. The highest BCUT2D eigenvalue weighted by molar-refractivity contribution is 5.78. The molecule has 6 nitrogen and oxygen atoms in total. The zero-order valence-electron chi connectivity index (χ0n) is 12.5. The lowest BCUT2D eigenvalue weighted by Crippen LogP contribution is -2.37. The second kappa shape index (κ2) is 8.26. The van der Waals surface area contributed by atoms with Crippen molar-refractivity contribution in [2.45, 2.75) is 26.4 Å². The van der Waals surface area contributed by atoms with E-state index in [1.807, 2.05) is 32.0 Å². The molecule has 0 aliphatic rings. The van der Waals surface area contributed by atoms with E-state index in [9.17, 15) is 14.7 Å². The number of esters is 1. The number of rotatable bonds is 7. The molecule has 2 N–H and O–H groups in total. The maximum Gasteiger partial charge on any atom is 0.336 e. The van der Waals surface area contributed by atoms with E-state index >= 15 is 0 Å². The molecule has 1 aromatic rings. The summed E-state index contributed by atoms with van der Waals surface area (Å²) in [5, 5.41) is 11.7. The number of amides is 1. The van der Waals surface area contributed by atoms with Crippen LogP contribution in [0.15, 0.2) is 18.2 Å². The Morgan fingerprint density at radius 1 is 1.24 bits per heavy atom. The summed E-state index contributed by atoms with van der Waals surface area (Å²) < 4.78 is 9.84. The molecular weight excluding hydrogens is 274 g/mol. The van der Waals surface area contributed by atoms with Crippen LogP contribution in [0.5, 0.6) is 5.75 Å². The minimum Gasteiger partial charge on any atom is -0.493 e. The molecule has 0 saturated carbocycles. The van der Waals surface area contributed by atoms with Gasteiger partial charge in [-0.15, -0.1) is 0 Å². The van der Waals surface area contributed by atoms with Gasteiger partial charge in [-0.3, -0.25) is 4.79 Å². The molecule has 0 aromatic heterocycles. The Hall–Kier alpha value is -2.08. The van der Waals surface area contributed by atoms with Gasteiger partial charge in [0.25, 0.3) is 0 Å². The SMILES string of the molecule is COC(=O)C(O)CNC(=O)CCOc1cc(C)cc(C)c1. The van der Waals surface area contributed by atoms with Gasteiger partial charge in [-0.2, -0.15) is 0 Å². The molecule has 0 aliphatic carbocycles. The molecule has 6 heteroatoms. The first kappa shape index (κ1) is 17.0. The molecule has 0 heterocycles. The number of carbonyl (C=O) groups is 2. The topological polar surface area (TPSA) is 84.9 Å².